The van der Waals surface area contributed by atoms with Crippen LogP contribution in [0.2, 0.25) is 0 Å². The maximum atomic E-state index is 4.88. The van der Waals surface area contributed by atoms with Crippen molar-refractivity contribution in [2.45, 2.75) is 27.7 Å². The number of aryl methyl sites for hydroxylation is 4. The number of benzene rings is 1. The molecule has 1 aliphatic heterocycles. The van der Waals surface area contributed by atoms with Crippen LogP contribution < -0.4 is 9.80 Å². The minimum Gasteiger partial charge on any atom is -0.353 e. The summed E-state index contributed by atoms with van der Waals surface area (Å²) in [4.78, 5) is 18.8. The van der Waals surface area contributed by atoms with Gasteiger partial charge in [-0.3, -0.25) is 0 Å². The molecule has 3 aromatic heterocycles. The molecular weight excluding hydrogens is 386 g/mol. The molecule has 0 atom stereocenters. The van der Waals surface area contributed by atoms with Gasteiger partial charge in [0.2, 0.25) is 5.95 Å². The molecule has 7 nitrogen and oxygen atoms in total. The predicted molar refractivity (Wildman–Crippen MR) is 124 cm³/mol. The normalized spacial score (nSPS) is 14.5. The van der Waals surface area contributed by atoms with Gasteiger partial charge in [-0.05, 0) is 39.3 Å². The van der Waals surface area contributed by atoms with Crippen LogP contribution >= 0.6 is 0 Å². The van der Waals surface area contributed by atoms with Gasteiger partial charge in [0.1, 0.15) is 5.82 Å². The summed E-state index contributed by atoms with van der Waals surface area (Å²) >= 11 is 0. The highest BCUT2D eigenvalue weighted by Crippen LogP contribution is 2.30. The standard InChI is InChI=1S/C24H27N7/c1-16-14-17(2)27-24(26-16)30-12-10-29(11-13-30)21-15-18(3)25-23-22(19(4)28-31(21)23)20-8-6-5-7-9-20/h5-9,14-15H,10-13H2,1-4H3. The van der Waals surface area contributed by atoms with Gasteiger partial charge in [-0.25, -0.2) is 15.0 Å². The van der Waals surface area contributed by atoms with Crippen molar-refractivity contribution in [2.75, 3.05) is 36.0 Å². The minimum absolute atomic E-state index is 0.828. The van der Waals surface area contributed by atoms with E-state index in [0.717, 1.165) is 77.5 Å². The minimum atomic E-state index is 0.828. The first-order chi connectivity index (χ1) is 15.0. The van der Waals surface area contributed by atoms with Crippen LogP contribution in [0.5, 0.6) is 0 Å². The Labute approximate surface area is 182 Å². The van der Waals surface area contributed by atoms with Crippen molar-refractivity contribution < 1.29 is 0 Å². The van der Waals surface area contributed by atoms with Crippen molar-refractivity contribution in [3.05, 3.63) is 65.2 Å². The lowest BCUT2D eigenvalue weighted by molar-refractivity contribution is 0.625. The van der Waals surface area contributed by atoms with E-state index < -0.39 is 0 Å². The monoisotopic (exact) mass is 413 g/mol. The fraction of sp³-hybridized carbons (Fsp3) is 0.333. The summed E-state index contributed by atoms with van der Waals surface area (Å²) in [6.45, 7) is 11.7. The Morgan fingerprint density at radius 3 is 2.00 bits per heavy atom. The maximum absolute atomic E-state index is 4.88. The van der Waals surface area contributed by atoms with E-state index in [1.165, 1.54) is 0 Å². The van der Waals surface area contributed by atoms with Gasteiger partial charge in [0.25, 0.3) is 0 Å². The number of rotatable bonds is 3. The van der Waals surface area contributed by atoms with Gasteiger partial charge >= 0.3 is 0 Å². The zero-order valence-corrected chi connectivity index (χ0v) is 18.5. The van der Waals surface area contributed by atoms with Crippen molar-refractivity contribution in [1.29, 1.82) is 0 Å². The average Bonchev–Trinajstić information content (AvgIpc) is 3.09. The first-order valence-electron chi connectivity index (χ1n) is 10.7. The SMILES string of the molecule is Cc1cc(C)nc(N2CCN(c3cc(C)nc4c(-c5ccccc5)c(C)nn34)CC2)n1. The summed E-state index contributed by atoms with van der Waals surface area (Å²) in [5.74, 6) is 1.92. The fourth-order valence-corrected chi connectivity index (χ4v) is 4.38. The number of fused-ring (bicyclic) bond motifs is 1. The van der Waals surface area contributed by atoms with Crippen LogP contribution in [0.15, 0.2) is 42.5 Å². The fourth-order valence-electron chi connectivity index (χ4n) is 4.38. The largest absolute Gasteiger partial charge is 0.353 e. The molecule has 1 aliphatic rings. The van der Waals surface area contributed by atoms with Crippen LogP contribution in [0.4, 0.5) is 11.8 Å². The molecule has 0 aliphatic carbocycles. The van der Waals surface area contributed by atoms with Crippen molar-refractivity contribution in [3.63, 3.8) is 0 Å². The zero-order valence-electron chi connectivity index (χ0n) is 18.5. The van der Waals surface area contributed by atoms with Crippen LogP contribution in [0.3, 0.4) is 0 Å². The second-order valence-electron chi connectivity index (χ2n) is 8.24. The third-order valence-electron chi connectivity index (χ3n) is 5.79. The molecule has 0 N–H and O–H groups in total. The lowest BCUT2D eigenvalue weighted by atomic mass is 10.1. The van der Waals surface area contributed by atoms with Crippen molar-refractivity contribution in [1.82, 2.24) is 24.6 Å². The molecule has 4 aromatic rings. The molecule has 7 heteroatoms. The molecule has 0 radical (unpaired) electrons. The Bertz CT molecular complexity index is 1220. The summed E-state index contributed by atoms with van der Waals surface area (Å²) in [5.41, 5.74) is 7.18. The summed E-state index contributed by atoms with van der Waals surface area (Å²) in [6.07, 6.45) is 0. The van der Waals surface area contributed by atoms with Crippen molar-refractivity contribution in [3.8, 4) is 11.1 Å². The van der Waals surface area contributed by atoms with Gasteiger partial charge < -0.3 is 9.80 Å². The van der Waals surface area contributed by atoms with Gasteiger partial charge in [-0.1, -0.05) is 30.3 Å². The predicted octanol–water partition coefficient (Wildman–Crippen LogP) is 3.75. The molecule has 0 amide bonds. The number of hydrogen-bond donors (Lipinski definition) is 0. The molecule has 158 valence electrons. The quantitative estimate of drug-likeness (QED) is 0.510. The zero-order chi connectivity index (χ0) is 21.5. The molecule has 0 unspecified atom stereocenters. The molecule has 1 saturated heterocycles. The molecule has 4 heterocycles. The Hall–Kier alpha value is -3.48. The third-order valence-corrected chi connectivity index (χ3v) is 5.79. The molecule has 0 bridgehead atoms. The molecule has 1 aromatic carbocycles. The third kappa shape index (κ3) is 3.60. The van der Waals surface area contributed by atoms with Gasteiger partial charge in [-0.15, -0.1) is 0 Å². The Balaban J connectivity index is 1.47. The van der Waals surface area contributed by atoms with Crippen molar-refractivity contribution >= 4 is 17.4 Å². The topological polar surface area (TPSA) is 62.5 Å². The first kappa shape index (κ1) is 19.5. The highest BCUT2D eigenvalue weighted by molar-refractivity contribution is 5.81. The van der Waals surface area contributed by atoms with E-state index in [9.17, 15) is 0 Å². The van der Waals surface area contributed by atoms with E-state index in [4.69, 9.17) is 10.1 Å². The van der Waals surface area contributed by atoms with E-state index in [1.807, 2.05) is 30.5 Å². The molecule has 1 fully saturated rings. The highest BCUT2D eigenvalue weighted by atomic mass is 15.4. The van der Waals surface area contributed by atoms with Gasteiger partial charge in [0, 0.05) is 54.9 Å². The number of nitrogens with zero attached hydrogens (tertiary/aromatic N) is 7. The van der Waals surface area contributed by atoms with Crippen molar-refractivity contribution in [2.24, 2.45) is 0 Å². The summed E-state index contributed by atoms with van der Waals surface area (Å²) in [7, 11) is 0. The number of aromatic nitrogens is 5. The second-order valence-corrected chi connectivity index (χ2v) is 8.24. The number of hydrogen-bond acceptors (Lipinski definition) is 6. The van der Waals surface area contributed by atoms with Crippen LogP contribution in [0, 0.1) is 27.7 Å². The van der Waals surface area contributed by atoms with Crippen LogP contribution in [0.25, 0.3) is 16.8 Å². The smallest absolute Gasteiger partial charge is 0.225 e. The molecule has 0 saturated carbocycles. The van der Waals surface area contributed by atoms with Gasteiger partial charge in [0.15, 0.2) is 5.65 Å². The Morgan fingerprint density at radius 1 is 0.710 bits per heavy atom. The average molecular weight is 414 g/mol. The van der Waals surface area contributed by atoms with E-state index >= 15 is 0 Å². The van der Waals surface area contributed by atoms with E-state index in [-0.39, 0.29) is 0 Å². The van der Waals surface area contributed by atoms with Gasteiger partial charge in [0.05, 0.1) is 5.69 Å². The lowest BCUT2D eigenvalue weighted by Crippen LogP contribution is -2.47. The van der Waals surface area contributed by atoms with E-state index in [1.54, 1.807) is 0 Å². The lowest BCUT2D eigenvalue weighted by Gasteiger charge is -2.36. The van der Waals surface area contributed by atoms with E-state index in [2.05, 4.69) is 63.9 Å². The molecular formula is C24H27N7. The first-order valence-corrected chi connectivity index (χ1v) is 10.7. The number of anilines is 2. The second kappa shape index (κ2) is 7.65. The van der Waals surface area contributed by atoms with E-state index in [0.29, 0.717) is 0 Å². The molecule has 0 spiro atoms. The maximum Gasteiger partial charge on any atom is 0.225 e. The Kier molecular flexibility index (Phi) is 4.81. The van der Waals surface area contributed by atoms with Gasteiger partial charge in [-0.2, -0.15) is 9.61 Å². The van der Waals surface area contributed by atoms with Crippen LogP contribution in [0.1, 0.15) is 22.8 Å². The highest BCUT2D eigenvalue weighted by Gasteiger charge is 2.24. The van der Waals surface area contributed by atoms with Crippen LogP contribution in [-0.4, -0.2) is 50.7 Å². The summed E-state index contributed by atoms with van der Waals surface area (Å²) < 4.78 is 2.01. The molecule has 5 rings (SSSR count). The molecule has 31 heavy (non-hydrogen) atoms. The summed E-state index contributed by atoms with van der Waals surface area (Å²) in [5, 5.41) is 4.88. The Morgan fingerprint density at radius 2 is 1.32 bits per heavy atom. The number of piperazine rings is 1. The summed E-state index contributed by atoms with van der Waals surface area (Å²) in [6, 6.07) is 14.5. The van der Waals surface area contributed by atoms with Crippen LogP contribution in [-0.2, 0) is 0 Å².